The molecule has 2 rings (SSSR count). The molecular weight excluding hydrogens is 186 g/mol. The van der Waals surface area contributed by atoms with Crippen molar-refractivity contribution in [3.8, 4) is 6.07 Å². The minimum absolute atomic E-state index is 0.377. The van der Waals surface area contributed by atoms with Gasteiger partial charge >= 0.3 is 0 Å². The first-order valence-corrected chi connectivity index (χ1v) is 5.30. The minimum atomic E-state index is -0.377. The lowest BCUT2D eigenvalue weighted by Gasteiger charge is -2.35. The molecule has 0 aromatic carbocycles. The molecule has 1 aromatic rings. The topological polar surface area (TPSA) is 48.7 Å². The number of nitrogens with one attached hydrogen (secondary N) is 1. The minimum Gasteiger partial charge on any atom is -0.313 e. The summed E-state index contributed by atoms with van der Waals surface area (Å²) < 4.78 is 0. The van der Waals surface area contributed by atoms with Crippen LogP contribution in [0.25, 0.3) is 0 Å². The lowest BCUT2D eigenvalue weighted by Crippen LogP contribution is -2.56. The maximum Gasteiger partial charge on any atom is 0.124 e. The van der Waals surface area contributed by atoms with Gasteiger partial charge in [0.05, 0.1) is 11.8 Å². The van der Waals surface area contributed by atoms with Gasteiger partial charge < -0.3 is 5.32 Å². The standard InChI is InChI=1S/C12H15N3/c1-3-10-4-11(15-5-9(10)2)12(6-13)7-14-8-12/h4-5,14H,3,7-8H2,1-2H3. The highest BCUT2D eigenvalue weighted by atomic mass is 15.0. The largest absolute Gasteiger partial charge is 0.313 e. The van der Waals surface area contributed by atoms with Gasteiger partial charge in [0.15, 0.2) is 0 Å². The van der Waals surface area contributed by atoms with Gasteiger partial charge in [0, 0.05) is 19.3 Å². The van der Waals surface area contributed by atoms with Crippen molar-refractivity contribution in [2.75, 3.05) is 13.1 Å². The zero-order chi connectivity index (χ0) is 10.9. The van der Waals surface area contributed by atoms with E-state index in [1.807, 2.05) is 6.20 Å². The molecule has 1 saturated heterocycles. The summed E-state index contributed by atoms with van der Waals surface area (Å²) in [5, 5.41) is 12.3. The Balaban J connectivity index is 2.41. The van der Waals surface area contributed by atoms with Crippen molar-refractivity contribution in [2.45, 2.75) is 25.7 Å². The van der Waals surface area contributed by atoms with Gasteiger partial charge in [-0.2, -0.15) is 5.26 Å². The van der Waals surface area contributed by atoms with Crippen LogP contribution in [0.1, 0.15) is 23.7 Å². The van der Waals surface area contributed by atoms with Crippen LogP contribution in [0.5, 0.6) is 0 Å². The van der Waals surface area contributed by atoms with Crippen LogP contribution in [0, 0.1) is 18.3 Å². The predicted molar refractivity (Wildman–Crippen MR) is 58.5 cm³/mol. The molecule has 1 fully saturated rings. The number of hydrogen-bond acceptors (Lipinski definition) is 3. The molecular formula is C12H15N3. The van der Waals surface area contributed by atoms with Crippen molar-refractivity contribution >= 4 is 0 Å². The van der Waals surface area contributed by atoms with E-state index in [1.165, 1.54) is 11.1 Å². The molecule has 0 spiro atoms. The van der Waals surface area contributed by atoms with Crippen molar-refractivity contribution in [3.05, 3.63) is 29.1 Å². The molecule has 3 heteroatoms. The summed E-state index contributed by atoms with van der Waals surface area (Å²) in [7, 11) is 0. The van der Waals surface area contributed by atoms with E-state index in [-0.39, 0.29) is 5.41 Å². The highest BCUT2D eigenvalue weighted by Crippen LogP contribution is 2.27. The maximum atomic E-state index is 9.19. The predicted octanol–water partition coefficient (Wildman–Crippen LogP) is 1.32. The number of nitriles is 1. The fraction of sp³-hybridized carbons (Fsp3) is 0.500. The lowest BCUT2D eigenvalue weighted by molar-refractivity contribution is 0.348. The van der Waals surface area contributed by atoms with Crippen LogP contribution >= 0.6 is 0 Å². The number of nitrogens with zero attached hydrogens (tertiary/aromatic N) is 2. The van der Waals surface area contributed by atoms with Gasteiger partial charge in [-0.25, -0.2) is 0 Å². The van der Waals surface area contributed by atoms with E-state index in [1.54, 1.807) is 0 Å². The Kier molecular flexibility index (Phi) is 2.45. The molecule has 0 radical (unpaired) electrons. The summed E-state index contributed by atoms with van der Waals surface area (Å²) in [4.78, 5) is 4.39. The molecule has 15 heavy (non-hydrogen) atoms. The van der Waals surface area contributed by atoms with Gasteiger partial charge in [0.2, 0.25) is 0 Å². The van der Waals surface area contributed by atoms with Crippen molar-refractivity contribution < 1.29 is 0 Å². The van der Waals surface area contributed by atoms with Gasteiger partial charge in [0.25, 0.3) is 0 Å². The second-order valence-electron chi connectivity index (χ2n) is 4.15. The summed E-state index contributed by atoms with van der Waals surface area (Å²) in [5.74, 6) is 0. The quantitative estimate of drug-likeness (QED) is 0.785. The third-order valence-electron chi connectivity index (χ3n) is 3.15. The number of aromatic nitrogens is 1. The molecule has 0 atom stereocenters. The third kappa shape index (κ3) is 1.51. The van der Waals surface area contributed by atoms with Gasteiger partial charge in [0.1, 0.15) is 5.41 Å². The zero-order valence-electron chi connectivity index (χ0n) is 9.17. The zero-order valence-corrected chi connectivity index (χ0v) is 9.17. The van der Waals surface area contributed by atoms with E-state index in [4.69, 9.17) is 0 Å². The molecule has 0 amide bonds. The normalized spacial score (nSPS) is 17.9. The molecule has 1 aliphatic rings. The highest BCUT2D eigenvalue weighted by molar-refractivity contribution is 5.36. The van der Waals surface area contributed by atoms with E-state index in [2.05, 4.69) is 36.3 Å². The van der Waals surface area contributed by atoms with Gasteiger partial charge in [-0.05, 0) is 30.5 Å². The molecule has 0 bridgehead atoms. The SMILES string of the molecule is CCc1cc(C2(C#N)CNC2)ncc1C. The Bertz CT molecular complexity index is 413. The Morgan fingerprint density at radius 3 is 2.80 bits per heavy atom. The van der Waals surface area contributed by atoms with Crippen LogP contribution in [-0.2, 0) is 11.8 Å². The highest BCUT2D eigenvalue weighted by Gasteiger charge is 2.40. The molecule has 2 heterocycles. The lowest BCUT2D eigenvalue weighted by atomic mass is 9.79. The molecule has 1 aromatic heterocycles. The molecule has 0 aliphatic carbocycles. The Labute approximate surface area is 90.1 Å². The van der Waals surface area contributed by atoms with Crippen LogP contribution < -0.4 is 5.32 Å². The molecule has 1 aliphatic heterocycles. The smallest absolute Gasteiger partial charge is 0.124 e. The van der Waals surface area contributed by atoms with Gasteiger partial charge in [-0.3, -0.25) is 4.98 Å². The maximum absolute atomic E-state index is 9.19. The van der Waals surface area contributed by atoms with E-state index >= 15 is 0 Å². The number of rotatable bonds is 2. The van der Waals surface area contributed by atoms with Gasteiger partial charge in [-0.1, -0.05) is 6.92 Å². The van der Waals surface area contributed by atoms with Crippen molar-refractivity contribution in [1.82, 2.24) is 10.3 Å². The van der Waals surface area contributed by atoms with E-state index in [0.717, 1.165) is 25.2 Å². The van der Waals surface area contributed by atoms with Crippen molar-refractivity contribution in [3.63, 3.8) is 0 Å². The first-order valence-electron chi connectivity index (χ1n) is 5.30. The summed E-state index contributed by atoms with van der Waals surface area (Å²) >= 11 is 0. The van der Waals surface area contributed by atoms with E-state index in [0.29, 0.717) is 0 Å². The summed E-state index contributed by atoms with van der Waals surface area (Å²) in [6.45, 7) is 5.64. The van der Waals surface area contributed by atoms with Crippen molar-refractivity contribution in [1.29, 1.82) is 5.26 Å². The summed E-state index contributed by atoms with van der Waals surface area (Å²) in [6, 6.07) is 4.46. The molecule has 0 saturated carbocycles. The second kappa shape index (κ2) is 3.63. The summed E-state index contributed by atoms with van der Waals surface area (Å²) in [6.07, 6.45) is 2.88. The van der Waals surface area contributed by atoms with Crippen LogP contribution in [0.15, 0.2) is 12.3 Å². The van der Waals surface area contributed by atoms with Crippen LogP contribution in [0.2, 0.25) is 0 Å². The molecule has 3 nitrogen and oxygen atoms in total. The molecule has 1 N–H and O–H groups in total. The number of pyridine rings is 1. The van der Waals surface area contributed by atoms with Crippen LogP contribution in [0.3, 0.4) is 0 Å². The van der Waals surface area contributed by atoms with E-state index in [9.17, 15) is 5.26 Å². The second-order valence-corrected chi connectivity index (χ2v) is 4.15. The Morgan fingerprint density at radius 1 is 1.60 bits per heavy atom. The van der Waals surface area contributed by atoms with Crippen molar-refractivity contribution in [2.24, 2.45) is 0 Å². The fourth-order valence-electron chi connectivity index (χ4n) is 1.90. The molecule has 0 unspecified atom stereocenters. The third-order valence-corrected chi connectivity index (χ3v) is 3.15. The first-order chi connectivity index (χ1) is 7.22. The Morgan fingerprint density at radius 2 is 2.33 bits per heavy atom. The number of aryl methyl sites for hydroxylation is 2. The number of hydrogen-bond donors (Lipinski definition) is 1. The fourth-order valence-corrected chi connectivity index (χ4v) is 1.90. The van der Waals surface area contributed by atoms with Gasteiger partial charge in [-0.15, -0.1) is 0 Å². The summed E-state index contributed by atoms with van der Waals surface area (Å²) in [5.41, 5.74) is 3.05. The first kappa shape index (κ1) is 10.1. The van der Waals surface area contributed by atoms with E-state index < -0.39 is 0 Å². The average Bonchev–Trinajstić information content (AvgIpc) is 2.19. The molecule has 78 valence electrons. The van der Waals surface area contributed by atoms with Crippen LogP contribution in [-0.4, -0.2) is 18.1 Å². The Hall–Kier alpha value is -1.40. The van der Waals surface area contributed by atoms with Crippen LogP contribution in [0.4, 0.5) is 0 Å². The monoisotopic (exact) mass is 201 g/mol. The average molecular weight is 201 g/mol.